The number of nitrogens with zero attached hydrogens (tertiary/aromatic N) is 3. The Hall–Kier alpha value is -2.37. The van der Waals surface area contributed by atoms with E-state index in [0.717, 1.165) is 22.8 Å². The average Bonchev–Trinajstić information content (AvgIpc) is 2.94. The van der Waals surface area contributed by atoms with Crippen molar-refractivity contribution in [3.63, 3.8) is 0 Å². The van der Waals surface area contributed by atoms with E-state index in [0.29, 0.717) is 12.4 Å². The summed E-state index contributed by atoms with van der Waals surface area (Å²) < 4.78 is 1.74. The molecule has 0 saturated heterocycles. The normalized spacial score (nSPS) is 9.29. The second-order valence-corrected chi connectivity index (χ2v) is 4.63. The van der Waals surface area contributed by atoms with Crippen LogP contribution in [0.4, 0.5) is 10.6 Å². The largest absolute Gasteiger partial charge is 0.341 e. The van der Waals surface area contributed by atoms with Gasteiger partial charge >= 0.3 is 6.03 Å². The molecule has 1 aromatic carbocycles. The topological polar surface area (TPSA) is 67.2 Å². The summed E-state index contributed by atoms with van der Waals surface area (Å²) in [5.74, 6) is 0.573. The number of hydrogen-bond acceptors (Lipinski definition) is 3. The van der Waals surface area contributed by atoms with Crippen LogP contribution in [0.3, 0.4) is 0 Å². The van der Waals surface area contributed by atoms with Gasteiger partial charge in [-0.15, -0.1) is 0 Å². The fraction of sp³-hybridized carbons (Fsp3) is 0.500. The van der Waals surface area contributed by atoms with Gasteiger partial charge in [-0.05, 0) is 24.6 Å². The number of anilines is 1. The Morgan fingerprint density at radius 3 is 2.46 bits per heavy atom. The van der Waals surface area contributed by atoms with Gasteiger partial charge in [0.05, 0.1) is 5.52 Å². The molecule has 2 aromatic rings. The van der Waals surface area contributed by atoms with Crippen LogP contribution in [0.5, 0.6) is 0 Å². The molecule has 0 fully saturated rings. The van der Waals surface area contributed by atoms with Crippen LogP contribution in [-0.4, -0.2) is 35.7 Å². The molecule has 1 aromatic heterocycles. The molecule has 0 spiro atoms. The summed E-state index contributed by atoms with van der Waals surface area (Å²) in [5.41, 5.74) is 2.09. The molecule has 24 heavy (non-hydrogen) atoms. The fourth-order valence-electron chi connectivity index (χ4n) is 2.17. The van der Waals surface area contributed by atoms with Crippen LogP contribution in [0.15, 0.2) is 18.2 Å². The molecule has 0 bridgehead atoms. The summed E-state index contributed by atoms with van der Waals surface area (Å²) in [7, 11) is 3.40. The SMILES string of the molecule is CC.CC.CNC(=O)N(CCC=O)c1nn(C)c2cc(C)ccc12. The highest BCUT2D eigenvalue weighted by Gasteiger charge is 2.20. The molecule has 0 aliphatic heterocycles. The van der Waals surface area contributed by atoms with Gasteiger partial charge < -0.3 is 10.1 Å². The molecule has 0 aliphatic carbocycles. The van der Waals surface area contributed by atoms with Crippen molar-refractivity contribution in [2.45, 2.75) is 41.0 Å². The van der Waals surface area contributed by atoms with E-state index in [-0.39, 0.29) is 12.5 Å². The number of urea groups is 1. The molecule has 0 aliphatic rings. The van der Waals surface area contributed by atoms with Crippen molar-refractivity contribution < 1.29 is 9.59 Å². The van der Waals surface area contributed by atoms with Crippen molar-refractivity contribution in [2.24, 2.45) is 7.05 Å². The Labute approximate surface area is 144 Å². The van der Waals surface area contributed by atoms with Crippen molar-refractivity contribution in [1.82, 2.24) is 15.1 Å². The van der Waals surface area contributed by atoms with E-state index in [9.17, 15) is 9.59 Å². The Morgan fingerprint density at radius 2 is 1.92 bits per heavy atom. The molecule has 0 saturated carbocycles. The van der Waals surface area contributed by atoms with Gasteiger partial charge in [-0.2, -0.15) is 5.10 Å². The molecule has 1 heterocycles. The van der Waals surface area contributed by atoms with Gasteiger partial charge in [0.2, 0.25) is 0 Å². The van der Waals surface area contributed by atoms with E-state index in [1.54, 1.807) is 11.7 Å². The number of fused-ring (bicyclic) bond motifs is 1. The highest BCUT2D eigenvalue weighted by Crippen LogP contribution is 2.26. The average molecular weight is 334 g/mol. The van der Waals surface area contributed by atoms with Gasteiger partial charge in [-0.25, -0.2) is 4.79 Å². The summed E-state index contributed by atoms with van der Waals surface area (Å²) in [4.78, 5) is 24.1. The van der Waals surface area contributed by atoms with Crippen molar-refractivity contribution in [3.8, 4) is 0 Å². The zero-order chi connectivity index (χ0) is 18.7. The van der Waals surface area contributed by atoms with Crippen LogP contribution in [0.25, 0.3) is 10.9 Å². The standard InChI is InChI=1S/C14H18N4O2.2C2H6/c1-10-5-6-11-12(9-10)17(3)16-13(11)18(7-4-8-19)14(20)15-2;2*1-2/h5-6,8-9H,4,7H2,1-3H3,(H,15,20);2*1-2H3. The summed E-state index contributed by atoms with van der Waals surface area (Å²) in [6.45, 7) is 10.3. The Morgan fingerprint density at radius 1 is 1.29 bits per heavy atom. The van der Waals surface area contributed by atoms with E-state index >= 15 is 0 Å². The second-order valence-electron chi connectivity index (χ2n) is 4.63. The third kappa shape index (κ3) is 5.08. The fourth-order valence-corrected chi connectivity index (χ4v) is 2.17. The molecular weight excluding hydrogens is 304 g/mol. The van der Waals surface area contributed by atoms with Gasteiger partial charge in [0.1, 0.15) is 6.29 Å². The van der Waals surface area contributed by atoms with Crippen molar-refractivity contribution in [1.29, 1.82) is 0 Å². The highest BCUT2D eigenvalue weighted by atomic mass is 16.2. The minimum absolute atomic E-state index is 0.271. The summed E-state index contributed by atoms with van der Waals surface area (Å²) in [6, 6.07) is 5.68. The third-order valence-corrected chi connectivity index (χ3v) is 3.17. The molecule has 6 heteroatoms. The van der Waals surface area contributed by atoms with Crippen LogP contribution in [0, 0.1) is 6.92 Å². The molecule has 134 valence electrons. The van der Waals surface area contributed by atoms with E-state index in [1.165, 1.54) is 4.90 Å². The number of aryl methyl sites for hydroxylation is 2. The summed E-state index contributed by atoms with van der Waals surface area (Å²) in [6.07, 6.45) is 1.07. The lowest BCUT2D eigenvalue weighted by Crippen LogP contribution is -2.39. The Balaban J connectivity index is 0.00000123. The monoisotopic (exact) mass is 334 g/mol. The zero-order valence-corrected chi connectivity index (χ0v) is 15.9. The summed E-state index contributed by atoms with van der Waals surface area (Å²) >= 11 is 0. The number of hydrogen-bond donors (Lipinski definition) is 1. The van der Waals surface area contributed by atoms with Gasteiger partial charge in [0.15, 0.2) is 5.82 Å². The van der Waals surface area contributed by atoms with Gasteiger partial charge in [-0.3, -0.25) is 9.58 Å². The second kappa shape index (κ2) is 11.2. The Bertz CT molecular complexity index is 650. The minimum atomic E-state index is -0.271. The van der Waals surface area contributed by atoms with Gasteiger partial charge in [-0.1, -0.05) is 33.8 Å². The van der Waals surface area contributed by atoms with Crippen LogP contribution >= 0.6 is 0 Å². The van der Waals surface area contributed by atoms with Gasteiger partial charge in [0, 0.05) is 32.4 Å². The van der Waals surface area contributed by atoms with E-state index in [4.69, 9.17) is 0 Å². The maximum absolute atomic E-state index is 12.0. The van der Waals surface area contributed by atoms with E-state index < -0.39 is 0 Å². The first-order valence-electron chi connectivity index (χ1n) is 8.44. The lowest BCUT2D eigenvalue weighted by molar-refractivity contribution is -0.107. The van der Waals surface area contributed by atoms with Gasteiger partial charge in [0.25, 0.3) is 0 Å². The molecule has 2 amide bonds. The first-order chi connectivity index (χ1) is 11.6. The maximum Gasteiger partial charge on any atom is 0.322 e. The van der Waals surface area contributed by atoms with E-state index in [2.05, 4.69) is 10.4 Å². The van der Waals surface area contributed by atoms with E-state index in [1.807, 2.05) is 59.9 Å². The highest BCUT2D eigenvalue weighted by molar-refractivity contribution is 6.01. The molecule has 0 unspecified atom stereocenters. The maximum atomic E-state index is 12.0. The Kier molecular flexibility index (Phi) is 10.1. The van der Waals surface area contributed by atoms with Crippen molar-refractivity contribution in [3.05, 3.63) is 23.8 Å². The minimum Gasteiger partial charge on any atom is -0.341 e. The number of amides is 2. The lowest BCUT2D eigenvalue weighted by Gasteiger charge is -2.19. The number of aromatic nitrogens is 2. The van der Waals surface area contributed by atoms with Crippen LogP contribution in [-0.2, 0) is 11.8 Å². The van der Waals surface area contributed by atoms with Crippen LogP contribution in [0.2, 0.25) is 0 Å². The first kappa shape index (κ1) is 21.6. The molecule has 6 nitrogen and oxygen atoms in total. The number of rotatable bonds is 4. The molecule has 0 atom stereocenters. The smallest absolute Gasteiger partial charge is 0.322 e. The predicted molar refractivity (Wildman–Crippen MR) is 101 cm³/mol. The first-order valence-corrected chi connectivity index (χ1v) is 8.44. The molecule has 2 rings (SSSR count). The predicted octanol–water partition coefficient (Wildman–Crippen LogP) is 3.67. The zero-order valence-electron chi connectivity index (χ0n) is 15.9. The summed E-state index contributed by atoms with van der Waals surface area (Å²) in [5, 5.41) is 7.89. The molecule has 1 N–H and O–H groups in total. The number of carbonyl (C=O) groups excluding carboxylic acids is 2. The lowest BCUT2D eigenvalue weighted by atomic mass is 10.2. The number of nitrogens with one attached hydrogen (secondary N) is 1. The number of benzene rings is 1. The third-order valence-electron chi connectivity index (χ3n) is 3.17. The number of carbonyl (C=O) groups is 2. The quantitative estimate of drug-likeness (QED) is 0.868. The van der Waals surface area contributed by atoms with Crippen LogP contribution in [0.1, 0.15) is 39.7 Å². The van der Waals surface area contributed by atoms with Crippen molar-refractivity contribution in [2.75, 3.05) is 18.5 Å². The number of aldehydes is 1. The van der Waals surface area contributed by atoms with Crippen LogP contribution < -0.4 is 10.2 Å². The van der Waals surface area contributed by atoms with Crippen molar-refractivity contribution >= 4 is 29.0 Å². The molecule has 0 radical (unpaired) electrons. The molecular formula is C18H30N4O2.